The number of aromatic nitrogens is 2. The number of hydrogen-bond acceptors (Lipinski definition) is 5. The Labute approximate surface area is 136 Å². The molecule has 22 heavy (non-hydrogen) atoms. The van der Waals surface area contributed by atoms with E-state index in [4.69, 9.17) is 16.0 Å². The Kier molecular flexibility index (Phi) is 4.13. The first-order valence-electron chi connectivity index (χ1n) is 6.91. The van der Waals surface area contributed by atoms with Gasteiger partial charge < -0.3 is 4.42 Å². The van der Waals surface area contributed by atoms with Crippen molar-refractivity contribution in [1.29, 1.82) is 0 Å². The number of halogens is 1. The lowest BCUT2D eigenvalue weighted by molar-refractivity contribution is 0.0998. The fraction of sp³-hybridized carbons (Fsp3) is 0.267. The minimum absolute atomic E-state index is 0.268. The van der Waals surface area contributed by atoms with Crippen molar-refractivity contribution in [3.8, 4) is 0 Å². The maximum absolute atomic E-state index is 12.4. The number of nitrogens with one attached hydrogen (secondary N) is 1. The highest BCUT2D eigenvalue weighted by molar-refractivity contribution is 7.15. The molecule has 0 radical (unpaired) electrons. The van der Waals surface area contributed by atoms with Crippen LogP contribution in [0.3, 0.4) is 0 Å². The van der Waals surface area contributed by atoms with Crippen LogP contribution in [0.15, 0.2) is 22.6 Å². The molecule has 5 nitrogen and oxygen atoms in total. The summed E-state index contributed by atoms with van der Waals surface area (Å²) in [6, 6.07) is 5.28. The van der Waals surface area contributed by atoms with Gasteiger partial charge in [-0.3, -0.25) is 10.1 Å². The highest BCUT2D eigenvalue weighted by atomic mass is 35.5. The first-order valence-corrected chi connectivity index (χ1v) is 8.10. The van der Waals surface area contributed by atoms with Gasteiger partial charge in [0, 0.05) is 22.4 Å². The molecule has 0 unspecified atom stereocenters. The van der Waals surface area contributed by atoms with Crippen LogP contribution in [0.1, 0.15) is 34.5 Å². The zero-order valence-electron chi connectivity index (χ0n) is 12.1. The topological polar surface area (TPSA) is 68.0 Å². The van der Waals surface area contributed by atoms with Crippen molar-refractivity contribution in [3.05, 3.63) is 39.6 Å². The number of fused-ring (bicyclic) bond motifs is 1. The summed E-state index contributed by atoms with van der Waals surface area (Å²) in [6.45, 7) is 3.90. The molecule has 114 valence electrons. The Morgan fingerprint density at radius 2 is 2.23 bits per heavy atom. The number of amides is 1. The van der Waals surface area contributed by atoms with Gasteiger partial charge in [-0.15, -0.1) is 10.2 Å². The molecule has 1 N–H and O–H groups in total. The molecule has 3 aromatic rings. The Morgan fingerprint density at radius 3 is 3.00 bits per heavy atom. The van der Waals surface area contributed by atoms with Crippen LogP contribution in [-0.2, 0) is 6.42 Å². The van der Waals surface area contributed by atoms with E-state index < -0.39 is 0 Å². The average Bonchev–Trinajstić information content (AvgIpc) is 3.05. The van der Waals surface area contributed by atoms with Crippen molar-refractivity contribution < 1.29 is 9.21 Å². The number of carbonyl (C=O) groups is 1. The summed E-state index contributed by atoms with van der Waals surface area (Å²) in [4.78, 5) is 12.4. The van der Waals surface area contributed by atoms with Crippen molar-refractivity contribution in [2.24, 2.45) is 0 Å². The van der Waals surface area contributed by atoms with Gasteiger partial charge in [0.1, 0.15) is 10.6 Å². The molecule has 0 spiro atoms. The molecule has 3 rings (SSSR count). The molecular weight excluding hydrogens is 322 g/mol. The van der Waals surface area contributed by atoms with Gasteiger partial charge in [-0.1, -0.05) is 29.9 Å². The second-order valence-corrected chi connectivity index (χ2v) is 6.40. The van der Waals surface area contributed by atoms with Crippen LogP contribution in [0.4, 0.5) is 5.13 Å². The maximum Gasteiger partial charge on any atom is 0.293 e. The van der Waals surface area contributed by atoms with Gasteiger partial charge in [0.05, 0.1) is 0 Å². The van der Waals surface area contributed by atoms with E-state index in [1.165, 1.54) is 11.3 Å². The third kappa shape index (κ3) is 2.84. The molecule has 0 saturated carbocycles. The van der Waals surface area contributed by atoms with Crippen LogP contribution < -0.4 is 5.32 Å². The van der Waals surface area contributed by atoms with Crippen LogP contribution in [0.5, 0.6) is 0 Å². The monoisotopic (exact) mass is 335 g/mol. The van der Waals surface area contributed by atoms with Crippen molar-refractivity contribution in [1.82, 2.24) is 10.2 Å². The Balaban J connectivity index is 1.86. The zero-order valence-corrected chi connectivity index (χ0v) is 13.7. The van der Waals surface area contributed by atoms with E-state index in [-0.39, 0.29) is 11.7 Å². The van der Waals surface area contributed by atoms with Crippen molar-refractivity contribution in [2.45, 2.75) is 26.7 Å². The summed E-state index contributed by atoms with van der Waals surface area (Å²) in [6.07, 6.45) is 1.85. The molecular formula is C15H14ClN3O2S. The first-order chi connectivity index (χ1) is 10.6. The molecule has 1 amide bonds. The SMILES string of the molecule is CCCc1nnc(NC(=O)c2oc3ccc(Cl)cc3c2C)s1. The Bertz CT molecular complexity index is 841. The molecule has 0 aliphatic carbocycles. The Morgan fingerprint density at radius 1 is 1.41 bits per heavy atom. The maximum atomic E-state index is 12.4. The molecule has 7 heteroatoms. The summed E-state index contributed by atoms with van der Waals surface area (Å²) in [5.74, 6) is -0.0615. The van der Waals surface area contributed by atoms with E-state index in [2.05, 4.69) is 22.4 Å². The number of rotatable bonds is 4. The lowest BCUT2D eigenvalue weighted by atomic mass is 10.1. The van der Waals surface area contributed by atoms with Crippen LogP contribution in [0, 0.1) is 6.92 Å². The van der Waals surface area contributed by atoms with Gasteiger partial charge in [0.2, 0.25) is 5.13 Å². The van der Waals surface area contributed by atoms with E-state index >= 15 is 0 Å². The predicted molar refractivity (Wildman–Crippen MR) is 87.8 cm³/mol. The van der Waals surface area contributed by atoms with Crippen molar-refractivity contribution >= 4 is 44.9 Å². The largest absolute Gasteiger partial charge is 0.451 e. The van der Waals surface area contributed by atoms with Crippen LogP contribution >= 0.6 is 22.9 Å². The third-order valence-corrected chi connectivity index (χ3v) is 4.39. The number of aryl methyl sites for hydroxylation is 2. The summed E-state index contributed by atoms with van der Waals surface area (Å²) < 4.78 is 5.63. The standard InChI is InChI=1S/C15H14ClN3O2S/c1-3-4-12-18-19-15(22-12)17-14(20)13-8(2)10-7-9(16)5-6-11(10)21-13/h5-7H,3-4H2,1-2H3,(H,17,19,20). The number of carbonyl (C=O) groups excluding carboxylic acids is 1. The summed E-state index contributed by atoms with van der Waals surface area (Å²) >= 11 is 7.36. The fourth-order valence-electron chi connectivity index (χ4n) is 2.18. The summed E-state index contributed by atoms with van der Waals surface area (Å²) in [5.41, 5.74) is 1.39. The fourth-order valence-corrected chi connectivity index (χ4v) is 3.19. The predicted octanol–water partition coefficient (Wildman–Crippen LogP) is 4.45. The highest BCUT2D eigenvalue weighted by Gasteiger charge is 2.19. The van der Waals surface area contributed by atoms with Gasteiger partial charge in [0.15, 0.2) is 5.76 Å². The molecule has 0 atom stereocenters. The molecule has 0 fully saturated rings. The third-order valence-electron chi connectivity index (χ3n) is 3.26. The smallest absolute Gasteiger partial charge is 0.293 e. The zero-order chi connectivity index (χ0) is 15.7. The van der Waals surface area contributed by atoms with Crippen LogP contribution in [-0.4, -0.2) is 16.1 Å². The van der Waals surface area contributed by atoms with Gasteiger partial charge >= 0.3 is 0 Å². The van der Waals surface area contributed by atoms with Gasteiger partial charge in [-0.2, -0.15) is 0 Å². The van der Waals surface area contributed by atoms with Crippen molar-refractivity contribution in [2.75, 3.05) is 5.32 Å². The van der Waals surface area contributed by atoms with Crippen LogP contribution in [0.25, 0.3) is 11.0 Å². The normalized spacial score (nSPS) is 11.0. The van der Waals surface area contributed by atoms with Crippen LogP contribution in [0.2, 0.25) is 5.02 Å². The molecule has 0 saturated heterocycles. The van der Waals surface area contributed by atoms with Gasteiger partial charge in [-0.05, 0) is 31.5 Å². The molecule has 0 bridgehead atoms. The van der Waals surface area contributed by atoms with E-state index in [0.29, 0.717) is 15.7 Å². The summed E-state index contributed by atoms with van der Waals surface area (Å²) in [7, 11) is 0. The highest BCUT2D eigenvalue weighted by Crippen LogP contribution is 2.28. The van der Waals surface area contributed by atoms with Gasteiger partial charge in [0.25, 0.3) is 5.91 Å². The minimum Gasteiger partial charge on any atom is -0.451 e. The van der Waals surface area contributed by atoms with E-state index in [0.717, 1.165) is 28.8 Å². The van der Waals surface area contributed by atoms with Crippen molar-refractivity contribution in [3.63, 3.8) is 0 Å². The van der Waals surface area contributed by atoms with E-state index in [9.17, 15) is 4.79 Å². The minimum atomic E-state index is -0.330. The number of benzene rings is 1. The second kappa shape index (κ2) is 6.06. The molecule has 0 aliphatic heterocycles. The van der Waals surface area contributed by atoms with E-state index in [1.807, 2.05) is 6.92 Å². The lowest BCUT2D eigenvalue weighted by Gasteiger charge is -1.98. The molecule has 0 aliphatic rings. The van der Waals surface area contributed by atoms with Gasteiger partial charge in [-0.25, -0.2) is 0 Å². The average molecular weight is 336 g/mol. The molecule has 1 aromatic carbocycles. The quantitative estimate of drug-likeness (QED) is 0.764. The summed E-state index contributed by atoms with van der Waals surface area (Å²) in [5, 5.41) is 13.6. The lowest BCUT2D eigenvalue weighted by Crippen LogP contribution is -2.11. The molecule has 2 heterocycles. The number of furan rings is 1. The van der Waals surface area contributed by atoms with E-state index in [1.54, 1.807) is 18.2 Å². The second-order valence-electron chi connectivity index (χ2n) is 4.90. The number of anilines is 1. The first kappa shape index (κ1) is 15.0. The Hall–Kier alpha value is -1.92. The number of hydrogen-bond donors (Lipinski definition) is 1. The molecule has 2 aromatic heterocycles. The number of nitrogens with zero attached hydrogens (tertiary/aromatic N) is 2.